The molecule has 1 amide bonds. The first-order valence-corrected chi connectivity index (χ1v) is 8.00. The lowest BCUT2D eigenvalue weighted by atomic mass is 10.2. The molecule has 3 rings (SSSR count). The molecular formula is C18H15BrN2O2. The van der Waals surface area contributed by atoms with Crippen LogP contribution in [0.15, 0.2) is 65.3 Å². The van der Waals surface area contributed by atoms with Crippen LogP contribution >= 0.6 is 15.9 Å². The fourth-order valence-electron chi connectivity index (χ4n) is 2.22. The first kappa shape index (κ1) is 15.5. The van der Waals surface area contributed by atoms with Gasteiger partial charge in [0, 0.05) is 11.6 Å². The van der Waals surface area contributed by atoms with Crippen molar-refractivity contribution in [3.8, 4) is 5.75 Å². The zero-order chi connectivity index (χ0) is 16.2. The number of hydrogen-bond donors (Lipinski definition) is 1. The van der Waals surface area contributed by atoms with Gasteiger partial charge in [0.1, 0.15) is 5.75 Å². The molecule has 0 saturated carbocycles. The highest BCUT2D eigenvalue weighted by Gasteiger charge is 2.17. The summed E-state index contributed by atoms with van der Waals surface area (Å²) in [7, 11) is 0. The number of nitrogens with one attached hydrogen (secondary N) is 1. The summed E-state index contributed by atoms with van der Waals surface area (Å²) in [5, 5.41) is 3.86. The largest absolute Gasteiger partial charge is 0.480 e. The average molecular weight is 371 g/mol. The first-order chi connectivity index (χ1) is 11.1. The maximum atomic E-state index is 12.4. The van der Waals surface area contributed by atoms with Crippen LogP contribution < -0.4 is 10.1 Å². The molecule has 1 unspecified atom stereocenters. The van der Waals surface area contributed by atoms with Gasteiger partial charge >= 0.3 is 0 Å². The number of rotatable bonds is 4. The van der Waals surface area contributed by atoms with Gasteiger partial charge in [0.05, 0.1) is 15.7 Å². The number of nitrogens with zero attached hydrogens (tertiary/aromatic N) is 1. The minimum absolute atomic E-state index is 0.223. The maximum absolute atomic E-state index is 12.4. The fraction of sp³-hybridized carbons (Fsp3) is 0.111. The van der Waals surface area contributed by atoms with Crippen molar-refractivity contribution in [3.63, 3.8) is 0 Å². The molecule has 4 nitrogen and oxygen atoms in total. The lowest BCUT2D eigenvalue weighted by molar-refractivity contribution is -0.122. The van der Waals surface area contributed by atoms with Crippen LogP contribution in [0.5, 0.6) is 5.75 Å². The van der Waals surface area contributed by atoms with Gasteiger partial charge in [-0.15, -0.1) is 0 Å². The van der Waals surface area contributed by atoms with Crippen molar-refractivity contribution in [2.24, 2.45) is 0 Å². The standard InChI is InChI=1S/C18H15BrN2O2/c1-12(23-16-10-3-2-8-14(16)19)18(22)21-15-9-4-6-13-7-5-11-20-17(13)15/h2-12H,1H3,(H,21,22). The number of halogens is 1. The Kier molecular flexibility index (Phi) is 4.57. The van der Waals surface area contributed by atoms with Gasteiger partial charge in [-0.05, 0) is 47.1 Å². The SMILES string of the molecule is CC(Oc1ccccc1Br)C(=O)Nc1cccc2cccnc12. The van der Waals surface area contributed by atoms with E-state index in [1.807, 2.05) is 54.6 Å². The van der Waals surface area contributed by atoms with Crippen LogP contribution in [-0.2, 0) is 4.79 Å². The second-order valence-corrected chi connectivity index (χ2v) is 5.91. The molecule has 3 aromatic rings. The highest BCUT2D eigenvalue weighted by molar-refractivity contribution is 9.10. The number of benzene rings is 2. The molecule has 0 bridgehead atoms. The Balaban J connectivity index is 1.77. The van der Waals surface area contributed by atoms with Crippen LogP contribution in [-0.4, -0.2) is 17.0 Å². The normalized spacial score (nSPS) is 11.9. The minimum Gasteiger partial charge on any atom is -0.480 e. The topological polar surface area (TPSA) is 51.2 Å². The highest BCUT2D eigenvalue weighted by Crippen LogP contribution is 2.25. The van der Waals surface area contributed by atoms with Crippen LogP contribution in [0.3, 0.4) is 0 Å². The summed E-state index contributed by atoms with van der Waals surface area (Å²) in [4.78, 5) is 16.7. The fourth-order valence-corrected chi connectivity index (χ4v) is 2.60. The predicted molar refractivity (Wildman–Crippen MR) is 94.6 cm³/mol. The van der Waals surface area contributed by atoms with Crippen LogP contribution in [0.1, 0.15) is 6.92 Å². The number of ether oxygens (including phenoxy) is 1. The summed E-state index contributed by atoms with van der Waals surface area (Å²) in [6.45, 7) is 1.72. The van der Waals surface area contributed by atoms with Gasteiger partial charge in [-0.3, -0.25) is 9.78 Å². The summed E-state index contributed by atoms with van der Waals surface area (Å²) in [5.41, 5.74) is 1.44. The Morgan fingerprint density at radius 2 is 1.91 bits per heavy atom. The van der Waals surface area contributed by atoms with E-state index in [-0.39, 0.29) is 5.91 Å². The summed E-state index contributed by atoms with van der Waals surface area (Å²) in [6.07, 6.45) is 1.08. The minimum atomic E-state index is -0.632. The van der Waals surface area contributed by atoms with E-state index >= 15 is 0 Å². The van der Waals surface area contributed by atoms with Crippen molar-refractivity contribution in [2.45, 2.75) is 13.0 Å². The van der Waals surface area contributed by atoms with Crippen molar-refractivity contribution in [1.29, 1.82) is 0 Å². The predicted octanol–water partition coefficient (Wildman–Crippen LogP) is 4.40. The van der Waals surface area contributed by atoms with E-state index in [1.165, 1.54) is 0 Å². The molecule has 5 heteroatoms. The van der Waals surface area contributed by atoms with E-state index in [0.29, 0.717) is 11.4 Å². The Morgan fingerprint density at radius 3 is 2.74 bits per heavy atom. The number of para-hydroxylation sites is 2. The molecule has 0 aliphatic rings. The van der Waals surface area contributed by atoms with E-state index in [0.717, 1.165) is 15.4 Å². The van der Waals surface area contributed by atoms with Gasteiger partial charge < -0.3 is 10.1 Å². The van der Waals surface area contributed by atoms with Crippen molar-refractivity contribution in [2.75, 3.05) is 5.32 Å². The average Bonchev–Trinajstić information content (AvgIpc) is 2.57. The van der Waals surface area contributed by atoms with E-state index in [9.17, 15) is 4.79 Å². The molecule has 0 aliphatic carbocycles. The number of fused-ring (bicyclic) bond motifs is 1. The molecule has 1 N–H and O–H groups in total. The van der Waals surface area contributed by atoms with Crippen LogP contribution in [0.4, 0.5) is 5.69 Å². The molecule has 116 valence electrons. The van der Waals surface area contributed by atoms with Gasteiger partial charge in [-0.1, -0.05) is 30.3 Å². The molecule has 0 spiro atoms. The Morgan fingerprint density at radius 1 is 1.13 bits per heavy atom. The Hall–Kier alpha value is -2.40. The smallest absolute Gasteiger partial charge is 0.265 e. The van der Waals surface area contributed by atoms with Gasteiger partial charge in [0.2, 0.25) is 0 Å². The molecule has 2 aromatic carbocycles. The van der Waals surface area contributed by atoms with E-state index in [2.05, 4.69) is 26.2 Å². The number of aromatic nitrogens is 1. The van der Waals surface area contributed by atoms with Gasteiger partial charge in [0.15, 0.2) is 6.10 Å². The van der Waals surface area contributed by atoms with Crippen LogP contribution in [0.25, 0.3) is 10.9 Å². The van der Waals surface area contributed by atoms with Gasteiger partial charge in [0.25, 0.3) is 5.91 Å². The second kappa shape index (κ2) is 6.79. The Bertz CT molecular complexity index is 846. The molecule has 0 saturated heterocycles. The second-order valence-electron chi connectivity index (χ2n) is 5.06. The van der Waals surface area contributed by atoms with Crippen molar-refractivity contribution in [1.82, 2.24) is 4.98 Å². The summed E-state index contributed by atoms with van der Waals surface area (Å²) < 4.78 is 6.52. The van der Waals surface area contributed by atoms with Crippen molar-refractivity contribution < 1.29 is 9.53 Å². The van der Waals surface area contributed by atoms with Crippen molar-refractivity contribution in [3.05, 3.63) is 65.3 Å². The van der Waals surface area contributed by atoms with Crippen LogP contribution in [0, 0.1) is 0 Å². The van der Waals surface area contributed by atoms with E-state index in [4.69, 9.17) is 4.74 Å². The summed E-state index contributed by atoms with van der Waals surface area (Å²) in [5.74, 6) is 0.408. The van der Waals surface area contributed by atoms with Gasteiger partial charge in [-0.25, -0.2) is 0 Å². The molecule has 0 radical (unpaired) electrons. The zero-order valence-corrected chi connectivity index (χ0v) is 14.1. The summed E-state index contributed by atoms with van der Waals surface area (Å²) in [6, 6.07) is 16.9. The monoisotopic (exact) mass is 370 g/mol. The Labute approximate surface area is 142 Å². The van der Waals surface area contributed by atoms with E-state index < -0.39 is 6.10 Å². The lowest BCUT2D eigenvalue weighted by Crippen LogP contribution is -2.30. The number of amides is 1. The molecular weight excluding hydrogens is 356 g/mol. The quantitative estimate of drug-likeness (QED) is 0.740. The third-order valence-corrected chi connectivity index (χ3v) is 4.06. The summed E-state index contributed by atoms with van der Waals surface area (Å²) >= 11 is 3.41. The number of hydrogen-bond acceptors (Lipinski definition) is 3. The maximum Gasteiger partial charge on any atom is 0.265 e. The lowest BCUT2D eigenvalue weighted by Gasteiger charge is -2.16. The molecule has 0 fully saturated rings. The van der Waals surface area contributed by atoms with Crippen molar-refractivity contribution >= 4 is 38.4 Å². The molecule has 1 atom stereocenters. The van der Waals surface area contributed by atoms with Gasteiger partial charge in [-0.2, -0.15) is 0 Å². The molecule has 1 heterocycles. The number of anilines is 1. The van der Waals surface area contributed by atoms with E-state index in [1.54, 1.807) is 13.1 Å². The van der Waals surface area contributed by atoms with Crippen LogP contribution in [0.2, 0.25) is 0 Å². The third-order valence-electron chi connectivity index (χ3n) is 3.40. The number of carbonyl (C=O) groups is 1. The highest BCUT2D eigenvalue weighted by atomic mass is 79.9. The first-order valence-electron chi connectivity index (χ1n) is 7.21. The number of carbonyl (C=O) groups excluding carboxylic acids is 1. The molecule has 23 heavy (non-hydrogen) atoms. The number of pyridine rings is 1. The molecule has 0 aliphatic heterocycles. The molecule has 1 aromatic heterocycles. The zero-order valence-electron chi connectivity index (χ0n) is 12.5. The third kappa shape index (κ3) is 3.51.